The molecule has 0 spiro atoms. The molecule has 8 nitrogen and oxygen atoms in total. The van der Waals surface area contributed by atoms with Crippen molar-refractivity contribution in [3.05, 3.63) is 27.5 Å². The second kappa shape index (κ2) is 4.71. The zero-order valence-electron chi connectivity index (χ0n) is 11.0. The Morgan fingerprint density at radius 3 is 2.70 bits per heavy atom. The molecule has 0 radical (unpaired) electrons. The van der Waals surface area contributed by atoms with E-state index in [1.807, 2.05) is 0 Å². The minimum absolute atomic E-state index is 0.0153. The summed E-state index contributed by atoms with van der Waals surface area (Å²) in [6, 6.07) is 1.08. The van der Waals surface area contributed by atoms with Crippen molar-refractivity contribution in [2.45, 2.75) is 26.4 Å². The zero-order valence-corrected chi connectivity index (χ0v) is 11.7. The lowest BCUT2D eigenvalue weighted by atomic mass is 10.2. The number of ether oxygens (including phenoxy) is 1. The molecule has 0 saturated heterocycles. The van der Waals surface area contributed by atoms with Crippen LogP contribution in [-0.4, -0.2) is 31.2 Å². The molecule has 20 heavy (non-hydrogen) atoms. The van der Waals surface area contributed by atoms with Crippen LogP contribution in [0.3, 0.4) is 0 Å². The van der Waals surface area contributed by atoms with Crippen LogP contribution in [0.4, 0.5) is 10.6 Å². The van der Waals surface area contributed by atoms with E-state index in [0.717, 1.165) is 10.6 Å². The summed E-state index contributed by atoms with van der Waals surface area (Å²) in [5.74, 6) is -0.465. The number of fused-ring (bicyclic) bond motifs is 1. The number of imidazole rings is 1. The van der Waals surface area contributed by atoms with E-state index < -0.39 is 22.4 Å². The number of hydrogen-bond donors (Lipinski definition) is 0. The molecule has 2 rings (SSSR count). The third-order valence-electron chi connectivity index (χ3n) is 2.22. The predicted molar refractivity (Wildman–Crippen MR) is 70.8 cm³/mol. The van der Waals surface area contributed by atoms with Gasteiger partial charge in [-0.25, -0.2) is 9.78 Å². The second-order valence-corrected chi connectivity index (χ2v) is 5.39. The van der Waals surface area contributed by atoms with Gasteiger partial charge in [0, 0.05) is 0 Å². The van der Waals surface area contributed by atoms with Gasteiger partial charge in [-0.1, -0.05) is 11.6 Å². The molecule has 9 heteroatoms. The minimum atomic E-state index is -0.732. The average Bonchev–Trinajstić information content (AvgIpc) is 2.70. The maximum absolute atomic E-state index is 12.0. The normalized spacial score (nSPS) is 11.6. The number of nitrogens with zero attached hydrogens (tertiary/aromatic N) is 4. The first-order valence-electron chi connectivity index (χ1n) is 5.60. The lowest BCUT2D eigenvalue weighted by molar-refractivity contribution is -0.389. The third-order valence-corrected chi connectivity index (χ3v) is 2.51. The Morgan fingerprint density at radius 1 is 1.50 bits per heavy atom. The summed E-state index contributed by atoms with van der Waals surface area (Å²) < 4.78 is 6.15. The monoisotopic (exact) mass is 298 g/mol. The van der Waals surface area contributed by atoms with Crippen LogP contribution in [0.1, 0.15) is 20.8 Å². The molecule has 0 amide bonds. The molecule has 0 bridgehead atoms. The number of halogens is 1. The highest BCUT2D eigenvalue weighted by molar-refractivity contribution is 6.35. The van der Waals surface area contributed by atoms with Gasteiger partial charge in [0.25, 0.3) is 5.65 Å². The second-order valence-electron chi connectivity index (χ2n) is 4.99. The summed E-state index contributed by atoms with van der Waals surface area (Å²) in [5, 5.41) is 10.8. The molecule has 0 aliphatic rings. The van der Waals surface area contributed by atoms with E-state index in [1.54, 1.807) is 20.8 Å². The molecule has 0 aliphatic carbocycles. The highest BCUT2D eigenvalue weighted by atomic mass is 35.5. The molecule has 0 aliphatic heterocycles. The fraction of sp³-hybridized carbons (Fsp3) is 0.364. The fourth-order valence-corrected chi connectivity index (χ4v) is 1.71. The van der Waals surface area contributed by atoms with E-state index in [0.29, 0.717) is 0 Å². The number of nitro groups is 1. The van der Waals surface area contributed by atoms with Gasteiger partial charge in [0.05, 0.1) is 11.1 Å². The van der Waals surface area contributed by atoms with Crippen molar-refractivity contribution < 1.29 is 14.5 Å². The maximum Gasteiger partial charge on any atom is 0.423 e. The van der Waals surface area contributed by atoms with Crippen molar-refractivity contribution in [3.63, 3.8) is 0 Å². The number of aromatic nitrogens is 3. The summed E-state index contributed by atoms with van der Waals surface area (Å²) in [7, 11) is 0. The van der Waals surface area contributed by atoms with Crippen molar-refractivity contribution in [2.75, 3.05) is 0 Å². The van der Waals surface area contributed by atoms with Crippen molar-refractivity contribution in [1.82, 2.24) is 14.5 Å². The van der Waals surface area contributed by atoms with Crippen molar-refractivity contribution in [1.29, 1.82) is 0 Å². The quantitative estimate of drug-likeness (QED) is 0.592. The molecule has 0 atom stereocenters. The molecule has 2 heterocycles. The molecule has 0 N–H and O–H groups in total. The Balaban J connectivity index is 2.55. The van der Waals surface area contributed by atoms with E-state index >= 15 is 0 Å². The molecule has 0 aromatic carbocycles. The molecular weight excluding hydrogens is 288 g/mol. The van der Waals surface area contributed by atoms with Gasteiger partial charge in [-0.05, 0) is 30.7 Å². The Morgan fingerprint density at radius 2 is 2.15 bits per heavy atom. The van der Waals surface area contributed by atoms with E-state index in [1.165, 1.54) is 6.33 Å². The van der Waals surface area contributed by atoms with Gasteiger partial charge in [-0.3, -0.25) is 0 Å². The summed E-state index contributed by atoms with van der Waals surface area (Å²) in [6.45, 7) is 5.10. The molecule has 0 unspecified atom stereocenters. The van der Waals surface area contributed by atoms with Gasteiger partial charge in [0.1, 0.15) is 11.9 Å². The molecule has 2 aromatic rings. The molecular formula is C11H11ClN4O4. The molecule has 0 saturated carbocycles. The van der Waals surface area contributed by atoms with E-state index in [9.17, 15) is 14.9 Å². The van der Waals surface area contributed by atoms with Crippen LogP contribution in [0.2, 0.25) is 5.02 Å². The van der Waals surface area contributed by atoms with Crippen LogP contribution in [0.25, 0.3) is 11.2 Å². The first-order valence-corrected chi connectivity index (χ1v) is 5.98. The summed E-state index contributed by atoms with van der Waals surface area (Å²) in [6.07, 6.45) is 0.436. The number of rotatable bonds is 1. The minimum Gasteiger partial charge on any atom is -0.443 e. The fourth-order valence-electron chi connectivity index (χ4n) is 1.48. The predicted octanol–water partition coefficient (Wildman–Crippen LogP) is 2.78. The van der Waals surface area contributed by atoms with Crippen LogP contribution < -0.4 is 0 Å². The summed E-state index contributed by atoms with van der Waals surface area (Å²) in [4.78, 5) is 29.7. The van der Waals surface area contributed by atoms with Gasteiger partial charge < -0.3 is 14.9 Å². The van der Waals surface area contributed by atoms with Crippen molar-refractivity contribution >= 4 is 34.7 Å². The highest BCUT2D eigenvalue weighted by Crippen LogP contribution is 2.25. The first-order chi connectivity index (χ1) is 9.19. The van der Waals surface area contributed by atoms with Crippen LogP contribution in [0.15, 0.2) is 12.4 Å². The first kappa shape index (κ1) is 14.2. The largest absolute Gasteiger partial charge is 0.443 e. The van der Waals surface area contributed by atoms with E-state index in [-0.39, 0.29) is 16.2 Å². The van der Waals surface area contributed by atoms with Gasteiger partial charge in [-0.2, -0.15) is 4.57 Å². The number of carbonyl (C=O) groups is 1. The average molecular weight is 299 g/mol. The van der Waals surface area contributed by atoms with Crippen LogP contribution >= 0.6 is 11.6 Å². The Kier molecular flexibility index (Phi) is 3.34. The van der Waals surface area contributed by atoms with Crippen LogP contribution in [-0.2, 0) is 4.74 Å². The van der Waals surface area contributed by atoms with Crippen molar-refractivity contribution in [2.24, 2.45) is 0 Å². The van der Waals surface area contributed by atoms with Gasteiger partial charge in [0.15, 0.2) is 5.52 Å². The number of hydrogen-bond acceptors (Lipinski definition) is 6. The van der Waals surface area contributed by atoms with Crippen LogP contribution in [0, 0.1) is 10.1 Å². The van der Waals surface area contributed by atoms with Crippen LogP contribution in [0.5, 0.6) is 0 Å². The third kappa shape index (κ3) is 2.69. The lowest BCUT2D eigenvalue weighted by Gasteiger charge is -2.18. The standard InChI is InChI=1S/C11H11ClN4O4/c1-11(2,3)20-10(17)15-5-13-8-6(12)4-7(16(18)19)14-9(8)15/h4-5H,1-3H3. The number of carbonyl (C=O) groups excluding carboxylic acids is 1. The summed E-state index contributed by atoms with van der Waals surface area (Å²) >= 11 is 5.88. The molecule has 106 valence electrons. The summed E-state index contributed by atoms with van der Waals surface area (Å²) in [5.41, 5.74) is -0.528. The van der Waals surface area contributed by atoms with Crippen molar-refractivity contribution in [3.8, 4) is 0 Å². The highest BCUT2D eigenvalue weighted by Gasteiger charge is 2.25. The Labute approximate surface area is 118 Å². The van der Waals surface area contributed by atoms with Gasteiger partial charge in [0.2, 0.25) is 0 Å². The Bertz CT molecular complexity index is 704. The maximum atomic E-state index is 12.0. The number of pyridine rings is 1. The molecule has 2 aromatic heterocycles. The van der Waals surface area contributed by atoms with E-state index in [2.05, 4.69) is 9.97 Å². The lowest BCUT2D eigenvalue weighted by Crippen LogP contribution is -2.26. The Hall–Kier alpha value is -2.22. The molecule has 0 fully saturated rings. The SMILES string of the molecule is CC(C)(C)OC(=O)n1cnc2c(Cl)cc([N+](=O)[O-])nc21. The smallest absolute Gasteiger partial charge is 0.423 e. The van der Waals surface area contributed by atoms with Gasteiger partial charge in [-0.15, -0.1) is 0 Å². The van der Waals surface area contributed by atoms with Gasteiger partial charge >= 0.3 is 11.9 Å². The topological polar surface area (TPSA) is 100 Å². The zero-order chi connectivity index (χ0) is 15.1. The van der Waals surface area contributed by atoms with E-state index in [4.69, 9.17) is 16.3 Å².